The van der Waals surface area contributed by atoms with E-state index in [0.717, 1.165) is 11.1 Å². The van der Waals surface area contributed by atoms with Crippen molar-refractivity contribution in [2.75, 3.05) is 34.1 Å². The molecule has 2 unspecified atom stereocenters. The van der Waals surface area contributed by atoms with Crippen LogP contribution in [0, 0.1) is 5.92 Å². The van der Waals surface area contributed by atoms with Crippen molar-refractivity contribution in [1.29, 1.82) is 0 Å². The van der Waals surface area contributed by atoms with Gasteiger partial charge in [0.2, 0.25) is 0 Å². The zero-order valence-corrected chi connectivity index (χ0v) is 20.2. The molecule has 0 bridgehead atoms. The van der Waals surface area contributed by atoms with Gasteiger partial charge in [-0.3, -0.25) is 9.36 Å². The van der Waals surface area contributed by atoms with E-state index in [0.29, 0.717) is 23.5 Å². The number of esters is 1. The van der Waals surface area contributed by atoms with E-state index in [1.807, 2.05) is 42.5 Å². The van der Waals surface area contributed by atoms with Crippen molar-refractivity contribution >= 4 is 27.4 Å². The van der Waals surface area contributed by atoms with E-state index < -0.39 is 28.1 Å². The van der Waals surface area contributed by atoms with Crippen molar-refractivity contribution in [2.45, 2.75) is 19.4 Å². The summed E-state index contributed by atoms with van der Waals surface area (Å²) in [6, 6.07) is 15.5. The Morgan fingerprint density at radius 2 is 1.61 bits per heavy atom. The highest BCUT2D eigenvalue weighted by Gasteiger charge is 2.39. The van der Waals surface area contributed by atoms with Gasteiger partial charge in [0, 0.05) is 32.9 Å². The molecule has 1 aliphatic heterocycles. The molecule has 2 aromatic carbocycles. The minimum Gasteiger partial charge on any atom is -0.465 e. The molecular formula is C22H29O7PSi. The third-order valence-electron chi connectivity index (χ3n) is 5.42. The van der Waals surface area contributed by atoms with Crippen LogP contribution in [0.3, 0.4) is 0 Å². The fraction of sp³-hybridized carbons (Fsp3) is 0.409. The van der Waals surface area contributed by atoms with Gasteiger partial charge in [0.1, 0.15) is 5.75 Å². The van der Waals surface area contributed by atoms with Crippen LogP contribution < -0.4 is 9.83 Å². The SMILES string of the molecule is CO[Si](CCCOC(=O)C(C)CP1(=O)Oc2ccccc2-c2ccccc21)(OC)OC. The lowest BCUT2D eigenvalue weighted by molar-refractivity contribution is -0.147. The van der Waals surface area contributed by atoms with Gasteiger partial charge in [-0.05, 0) is 24.1 Å². The van der Waals surface area contributed by atoms with E-state index in [9.17, 15) is 9.36 Å². The lowest BCUT2D eigenvalue weighted by Gasteiger charge is -2.29. The van der Waals surface area contributed by atoms with Gasteiger partial charge in [-0.25, -0.2) is 0 Å². The van der Waals surface area contributed by atoms with Crippen LogP contribution in [-0.4, -0.2) is 48.9 Å². The van der Waals surface area contributed by atoms with Gasteiger partial charge < -0.3 is 22.5 Å². The second-order valence-corrected chi connectivity index (χ2v) is 12.9. The quantitative estimate of drug-likeness (QED) is 0.227. The molecule has 0 saturated heterocycles. The Labute approximate surface area is 184 Å². The van der Waals surface area contributed by atoms with Crippen LogP contribution in [0.4, 0.5) is 0 Å². The number of fused-ring (bicyclic) bond motifs is 3. The van der Waals surface area contributed by atoms with Gasteiger partial charge in [-0.2, -0.15) is 0 Å². The summed E-state index contributed by atoms with van der Waals surface area (Å²) in [6.45, 7) is 1.92. The summed E-state index contributed by atoms with van der Waals surface area (Å²) in [5.74, 6) is -0.418. The van der Waals surface area contributed by atoms with E-state index in [-0.39, 0.29) is 12.8 Å². The minimum atomic E-state index is -3.28. The molecule has 0 aliphatic carbocycles. The molecule has 0 N–H and O–H groups in total. The first-order chi connectivity index (χ1) is 14.9. The highest BCUT2D eigenvalue weighted by atomic mass is 31.2. The molecule has 1 heterocycles. The first-order valence-corrected chi connectivity index (χ1v) is 13.9. The molecule has 1 aliphatic rings. The number of carbonyl (C=O) groups excluding carboxylic acids is 1. The Kier molecular flexibility index (Phi) is 7.72. The Balaban J connectivity index is 1.64. The Morgan fingerprint density at radius 1 is 1.00 bits per heavy atom. The maximum Gasteiger partial charge on any atom is 0.500 e. The third-order valence-corrected chi connectivity index (χ3v) is 10.9. The van der Waals surface area contributed by atoms with Crippen LogP contribution in [0.15, 0.2) is 48.5 Å². The van der Waals surface area contributed by atoms with Crippen molar-refractivity contribution < 1.29 is 31.9 Å². The van der Waals surface area contributed by atoms with E-state index in [2.05, 4.69) is 0 Å². The summed E-state index contributed by atoms with van der Waals surface area (Å²) in [4.78, 5) is 12.6. The van der Waals surface area contributed by atoms with Crippen LogP contribution in [0.5, 0.6) is 5.75 Å². The predicted molar refractivity (Wildman–Crippen MR) is 121 cm³/mol. The molecule has 168 valence electrons. The van der Waals surface area contributed by atoms with E-state index in [1.165, 1.54) is 0 Å². The first kappa shape index (κ1) is 23.7. The summed E-state index contributed by atoms with van der Waals surface area (Å²) < 4.78 is 41.3. The van der Waals surface area contributed by atoms with E-state index >= 15 is 0 Å². The molecule has 0 fully saturated rings. The normalized spacial score (nSPS) is 18.5. The highest BCUT2D eigenvalue weighted by Crippen LogP contribution is 2.55. The molecule has 0 saturated carbocycles. The van der Waals surface area contributed by atoms with Crippen molar-refractivity contribution in [3.8, 4) is 16.9 Å². The molecule has 9 heteroatoms. The molecule has 7 nitrogen and oxygen atoms in total. The molecule has 31 heavy (non-hydrogen) atoms. The zero-order valence-electron chi connectivity index (χ0n) is 18.3. The topological polar surface area (TPSA) is 80.3 Å². The van der Waals surface area contributed by atoms with E-state index in [4.69, 9.17) is 22.5 Å². The third kappa shape index (κ3) is 5.10. The lowest BCUT2D eigenvalue weighted by atomic mass is 10.0. The lowest BCUT2D eigenvalue weighted by Crippen LogP contribution is -2.42. The molecule has 0 spiro atoms. The number of ether oxygens (including phenoxy) is 1. The largest absolute Gasteiger partial charge is 0.500 e. The maximum atomic E-state index is 13.8. The van der Waals surface area contributed by atoms with Crippen molar-refractivity contribution in [3.05, 3.63) is 48.5 Å². The molecule has 2 aromatic rings. The second-order valence-electron chi connectivity index (χ2n) is 7.43. The molecule has 3 rings (SSSR count). The first-order valence-electron chi connectivity index (χ1n) is 10.2. The van der Waals surface area contributed by atoms with Crippen LogP contribution in [0.25, 0.3) is 11.1 Å². The average molecular weight is 465 g/mol. The summed E-state index contributed by atoms with van der Waals surface area (Å²) in [5.41, 5.74) is 1.79. The van der Waals surface area contributed by atoms with Crippen LogP contribution in [0.1, 0.15) is 13.3 Å². The van der Waals surface area contributed by atoms with Crippen LogP contribution in [-0.2, 0) is 27.4 Å². The molecule has 0 aromatic heterocycles. The van der Waals surface area contributed by atoms with Gasteiger partial charge in [-0.15, -0.1) is 0 Å². The fourth-order valence-corrected chi connectivity index (χ4v) is 7.99. The molecule has 2 atom stereocenters. The Bertz CT molecular complexity index is 952. The van der Waals surface area contributed by atoms with Gasteiger partial charge >= 0.3 is 14.8 Å². The summed E-state index contributed by atoms with van der Waals surface area (Å²) in [7, 11) is -1.33. The number of rotatable bonds is 10. The molecular weight excluding hydrogens is 435 g/mol. The van der Waals surface area contributed by atoms with Crippen molar-refractivity contribution in [1.82, 2.24) is 0 Å². The van der Waals surface area contributed by atoms with Crippen LogP contribution >= 0.6 is 7.37 Å². The zero-order chi connectivity index (χ0) is 22.5. The van der Waals surface area contributed by atoms with Crippen molar-refractivity contribution in [2.24, 2.45) is 5.92 Å². The maximum absolute atomic E-state index is 13.8. The number of benzene rings is 2. The fourth-order valence-electron chi connectivity index (χ4n) is 3.71. The van der Waals surface area contributed by atoms with Crippen LogP contribution in [0.2, 0.25) is 6.04 Å². The summed E-state index contributed by atoms with van der Waals surface area (Å²) >= 11 is 0. The van der Waals surface area contributed by atoms with Gasteiger partial charge in [-0.1, -0.05) is 43.3 Å². The Morgan fingerprint density at radius 3 is 2.29 bits per heavy atom. The smallest absolute Gasteiger partial charge is 0.465 e. The van der Waals surface area contributed by atoms with Crippen molar-refractivity contribution in [3.63, 3.8) is 0 Å². The number of hydrogen-bond acceptors (Lipinski definition) is 7. The standard InChI is InChI=1S/C22H29O7PSi/c1-17(22(23)28-14-9-15-31(25-2,26-3)27-4)16-30(24)21-13-8-6-11-19(21)18-10-5-7-12-20(18)29-30/h5-8,10-13,17H,9,14-16H2,1-4H3. The van der Waals surface area contributed by atoms with Gasteiger partial charge in [0.05, 0.1) is 24.0 Å². The monoisotopic (exact) mass is 464 g/mol. The highest BCUT2D eigenvalue weighted by molar-refractivity contribution is 7.67. The average Bonchev–Trinajstić information content (AvgIpc) is 2.79. The predicted octanol–water partition coefficient (Wildman–Crippen LogP) is 4.10. The number of carbonyl (C=O) groups is 1. The van der Waals surface area contributed by atoms with E-state index in [1.54, 1.807) is 34.3 Å². The number of hydrogen-bond donors (Lipinski definition) is 0. The minimum absolute atomic E-state index is 0.0735. The molecule has 0 radical (unpaired) electrons. The Hall–Kier alpha value is -1.96. The second kappa shape index (κ2) is 10.1. The summed E-state index contributed by atoms with van der Waals surface area (Å²) in [5, 5.41) is 0.643. The van der Waals surface area contributed by atoms with Gasteiger partial charge in [0.15, 0.2) is 0 Å². The summed E-state index contributed by atoms with van der Waals surface area (Å²) in [6.07, 6.45) is 0.620. The molecule has 0 amide bonds. The number of para-hydroxylation sites is 1. The van der Waals surface area contributed by atoms with Gasteiger partial charge in [0.25, 0.3) is 7.37 Å².